The molecule has 0 unspecified atom stereocenters. The first-order chi connectivity index (χ1) is 6.56. The Morgan fingerprint density at radius 3 is 2.43 bits per heavy atom. The molecule has 4 heteroatoms. The van der Waals surface area contributed by atoms with Crippen LogP contribution >= 0.6 is 0 Å². The Labute approximate surface area is 80.0 Å². The van der Waals surface area contributed by atoms with Crippen LogP contribution in [0.3, 0.4) is 0 Å². The number of hydrogen-bond acceptors (Lipinski definition) is 1. The second-order valence-corrected chi connectivity index (χ2v) is 2.84. The quantitative estimate of drug-likeness (QED) is 0.747. The molecule has 0 saturated heterocycles. The van der Waals surface area contributed by atoms with Crippen LogP contribution in [-0.4, -0.2) is 0 Å². The van der Waals surface area contributed by atoms with Crippen LogP contribution in [0.4, 0.5) is 13.2 Å². The first-order valence-electron chi connectivity index (χ1n) is 4.02. The second-order valence-electron chi connectivity index (χ2n) is 2.84. The fourth-order valence-corrected chi connectivity index (χ4v) is 1.06. The van der Waals surface area contributed by atoms with E-state index in [1.54, 1.807) is 0 Å². The van der Waals surface area contributed by atoms with E-state index in [4.69, 9.17) is 5.73 Å². The zero-order valence-corrected chi connectivity index (χ0v) is 7.38. The van der Waals surface area contributed by atoms with E-state index in [9.17, 15) is 13.2 Å². The molecule has 0 radical (unpaired) electrons. The molecule has 1 atom stereocenters. The number of halogens is 3. The minimum Gasteiger partial charge on any atom is -0.321 e. The van der Waals surface area contributed by atoms with Gasteiger partial charge in [0.2, 0.25) is 0 Å². The predicted molar refractivity (Wildman–Crippen MR) is 48.5 cm³/mol. The molecule has 0 spiro atoms. The second kappa shape index (κ2) is 4.28. The van der Waals surface area contributed by atoms with E-state index in [0.29, 0.717) is 5.56 Å². The summed E-state index contributed by atoms with van der Waals surface area (Å²) >= 11 is 0. The lowest BCUT2D eigenvalue weighted by molar-refractivity contribution is 0.146. The van der Waals surface area contributed by atoms with Crippen molar-refractivity contribution in [2.45, 2.75) is 12.5 Å². The Balaban J connectivity index is 3.06. The molecule has 0 heterocycles. The van der Waals surface area contributed by atoms with Gasteiger partial charge in [0.15, 0.2) is 0 Å². The summed E-state index contributed by atoms with van der Waals surface area (Å²) in [5.74, 6) is -0.935. The third kappa shape index (κ3) is 2.14. The summed E-state index contributed by atoms with van der Waals surface area (Å²) in [5, 5.41) is 0. The van der Waals surface area contributed by atoms with E-state index in [1.807, 2.05) is 0 Å². The molecule has 0 aliphatic heterocycles. The number of hydrogen-bond donors (Lipinski definition) is 1. The molecule has 2 N–H and O–H groups in total. The average molecular weight is 201 g/mol. The van der Waals surface area contributed by atoms with E-state index >= 15 is 0 Å². The van der Waals surface area contributed by atoms with E-state index < -0.39 is 23.8 Å². The largest absolute Gasteiger partial charge is 0.321 e. The lowest BCUT2D eigenvalue weighted by Crippen LogP contribution is -2.07. The molecule has 0 saturated carbocycles. The highest BCUT2D eigenvalue weighted by Gasteiger charge is 2.14. The lowest BCUT2D eigenvalue weighted by Gasteiger charge is -2.08. The fourth-order valence-electron chi connectivity index (χ4n) is 1.06. The van der Waals surface area contributed by atoms with Crippen LogP contribution in [0.15, 0.2) is 30.9 Å². The van der Waals surface area contributed by atoms with Gasteiger partial charge in [0.05, 0.1) is 5.56 Å². The smallest absolute Gasteiger partial charge is 0.266 e. The average Bonchev–Trinajstić information content (AvgIpc) is 2.15. The van der Waals surface area contributed by atoms with Crippen LogP contribution < -0.4 is 5.73 Å². The van der Waals surface area contributed by atoms with Crippen molar-refractivity contribution in [1.82, 2.24) is 0 Å². The molecule has 0 aromatic heterocycles. The Morgan fingerprint density at radius 2 is 2.00 bits per heavy atom. The zero-order valence-electron chi connectivity index (χ0n) is 7.38. The van der Waals surface area contributed by atoms with E-state index in [2.05, 4.69) is 6.58 Å². The molecule has 1 aromatic carbocycles. The maximum atomic E-state index is 13.0. The van der Waals surface area contributed by atoms with E-state index in [1.165, 1.54) is 12.1 Å². The van der Waals surface area contributed by atoms with Crippen LogP contribution in [0, 0.1) is 5.82 Å². The van der Waals surface area contributed by atoms with Crippen molar-refractivity contribution in [2.24, 2.45) is 5.73 Å². The molecule has 1 nitrogen and oxygen atoms in total. The molecule has 1 rings (SSSR count). The number of benzene rings is 1. The topological polar surface area (TPSA) is 26.0 Å². The van der Waals surface area contributed by atoms with Crippen LogP contribution in [0.2, 0.25) is 0 Å². The third-order valence-electron chi connectivity index (χ3n) is 1.90. The molecule has 14 heavy (non-hydrogen) atoms. The highest BCUT2D eigenvalue weighted by Crippen LogP contribution is 2.24. The number of rotatable bonds is 3. The Morgan fingerprint density at radius 1 is 1.36 bits per heavy atom. The zero-order chi connectivity index (χ0) is 10.7. The van der Waals surface area contributed by atoms with Gasteiger partial charge in [-0.05, 0) is 11.6 Å². The van der Waals surface area contributed by atoms with Gasteiger partial charge in [0.1, 0.15) is 5.82 Å². The third-order valence-corrected chi connectivity index (χ3v) is 1.90. The summed E-state index contributed by atoms with van der Waals surface area (Å²) in [4.78, 5) is 0. The Bertz CT molecular complexity index is 336. The maximum absolute atomic E-state index is 13.0. The van der Waals surface area contributed by atoms with Crippen molar-refractivity contribution in [3.8, 4) is 0 Å². The van der Waals surface area contributed by atoms with Gasteiger partial charge in [-0.15, -0.1) is 6.58 Å². The fraction of sp³-hybridized carbons (Fsp3) is 0.200. The van der Waals surface area contributed by atoms with Crippen LogP contribution in [0.5, 0.6) is 0 Å². The molecule has 0 fully saturated rings. The first-order valence-corrected chi connectivity index (χ1v) is 4.02. The lowest BCUT2D eigenvalue weighted by atomic mass is 10.1. The summed E-state index contributed by atoms with van der Waals surface area (Å²) in [6, 6.07) is 2.89. The molecular weight excluding hydrogens is 191 g/mol. The van der Waals surface area contributed by atoms with Gasteiger partial charge in [0.25, 0.3) is 6.43 Å². The first kappa shape index (κ1) is 10.8. The maximum Gasteiger partial charge on any atom is 0.266 e. The SMILES string of the molecule is C=C[C@@H](N)c1ccc(C(F)F)c(F)c1. The van der Waals surface area contributed by atoms with E-state index in [0.717, 1.165) is 12.1 Å². The van der Waals surface area contributed by atoms with Crippen molar-refractivity contribution in [1.29, 1.82) is 0 Å². The van der Waals surface area contributed by atoms with Crippen molar-refractivity contribution in [3.05, 3.63) is 47.8 Å². The van der Waals surface area contributed by atoms with Crippen LogP contribution in [-0.2, 0) is 0 Å². The monoisotopic (exact) mass is 201 g/mol. The van der Waals surface area contributed by atoms with Crippen molar-refractivity contribution in [3.63, 3.8) is 0 Å². The minimum atomic E-state index is -2.80. The van der Waals surface area contributed by atoms with Crippen LogP contribution in [0.25, 0.3) is 0 Å². The predicted octanol–water partition coefficient (Wildman–Crippen LogP) is 2.95. The summed E-state index contributed by atoms with van der Waals surface area (Å²) < 4.78 is 37.3. The molecule has 1 aromatic rings. The van der Waals surface area contributed by atoms with Gasteiger partial charge in [-0.3, -0.25) is 0 Å². The van der Waals surface area contributed by atoms with Gasteiger partial charge in [0, 0.05) is 6.04 Å². The molecular formula is C10H10F3N. The van der Waals surface area contributed by atoms with Crippen molar-refractivity contribution in [2.75, 3.05) is 0 Å². The van der Waals surface area contributed by atoms with Gasteiger partial charge in [-0.2, -0.15) is 0 Å². The van der Waals surface area contributed by atoms with E-state index in [-0.39, 0.29) is 0 Å². The molecule has 76 valence electrons. The summed E-state index contributed by atoms with van der Waals surface area (Å²) in [7, 11) is 0. The van der Waals surface area contributed by atoms with Gasteiger partial charge in [-0.25, -0.2) is 13.2 Å². The summed E-state index contributed by atoms with van der Waals surface area (Å²) in [5.41, 5.74) is 5.34. The molecule has 0 aliphatic rings. The van der Waals surface area contributed by atoms with Gasteiger partial charge in [-0.1, -0.05) is 18.2 Å². The normalized spacial score (nSPS) is 12.9. The molecule has 0 amide bonds. The summed E-state index contributed by atoms with van der Waals surface area (Å²) in [6.45, 7) is 3.43. The van der Waals surface area contributed by atoms with Gasteiger partial charge >= 0.3 is 0 Å². The minimum absolute atomic E-state index is 0.432. The van der Waals surface area contributed by atoms with Crippen molar-refractivity contribution < 1.29 is 13.2 Å². The molecule has 0 aliphatic carbocycles. The Hall–Kier alpha value is -1.29. The summed E-state index contributed by atoms with van der Waals surface area (Å²) in [6.07, 6.45) is -1.39. The molecule has 0 bridgehead atoms. The highest BCUT2D eigenvalue weighted by molar-refractivity contribution is 5.28. The van der Waals surface area contributed by atoms with Crippen molar-refractivity contribution >= 4 is 0 Å². The van der Waals surface area contributed by atoms with Crippen LogP contribution in [0.1, 0.15) is 23.6 Å². The standard InChI is InChI=1S/C10H10F3N/c1-2-9(14)6-3-4-7(10(12)13)8(11)5-6/h2-5,9-10H,1,14H2/t9-/m1/s1. The number of alkyl halides is 2. The Kier molecular flexibility index (Phi) is 3.30. The highest BCUT2D eigenvalue weighted by atomic mass is 19.3. The van der Waals surface area contributed by atoms with Gasteiger partial charge < -0.3 is 5.73 Å². The number of nitrogens with two attached hydrogens (primary N) is 1.